The normalized spacial score (nSPS) is 33.8. The number of carboxylic acids is 1. The Bertz CT molecular complexity index is 318. The second-order valence-corrected chi connectivity index (χ2v) is 6.90. The molecule has 2 aliphatic carbocycles. The van der Waals surface area contributed by atoms with Gasteiger partial charge in [-0.05, 0) is 51.4 Å². The van der Waals surface area contributed by atoms with Gasteiger partial charge in [0.2, 0.25) is 0 Å². The summed E-state index contributed by atoms with van der Waals surface area (Å²) in [6.45, 7) is 2.83. The van der Waals surface area contributed by atoms with Gasteiger partial charge in [-0.25, -0.2) is 0 Å². The Morgan fingerprint density at radius 2 is 1.80 bits per heavy atom. The molecule has 4 heteroatoms. The zero-order chi connectivity index (χ0) is 14.6. The molecule has 0 radical (unpaired) electrons. The monoisotopic (exact) mass is 283 g/mol. The Morgan fingerprint density at radius 1 is 1.20 bits per heavy atom. The quantitative estimate of drug-likeness (QED) is 0.725. The number of carboxylic acid groups (broad SMARTS) is 1. The molecule has 20 heavy (non-hydrogen) atoms. The lowest BCUT2D eigenvalue weighted by atomic mass is 9.78. The van der Waals surface area contributed by atoms with Crippen LogP contribution in [0.15, 0.2) is 0 Å². The molecule has 0 heterocycles. The van der Waals surface area contributed by atoms with Crippen molar-refractivity contribution in [1.29, 1.82) is 0 Å². The van der Waals surface area contributed by atoms with Gasteiger partial charge < -0.3 is 15.5 Å². The number of carbonyl (C=O) groups is 1. The summed E-state index contributed by atoms with van der Waals surface area (Å²) in [5.74, 6) is -0.232. The molecule has 2 saturated carbocycles. The first kappa shape index (κ1) is 15.8. The second kappa shape index (κ2) is 6.90. The maximum atomic E-state index is 10.9. The maximum absolute atomic E-state index is 10.9. The maximum Gasteiger partial charge on any atom is 0.306 e. The molecule has 0 aromatic heterocycles. The van der Waals surface area contributed by atoms with Crippen LogP contribution >= 0.6 is 0 Å². The first-order valence-corrected chi connectivity index (χ1v) is 8.19. The van der Waals surface area contributed by atoms with Crippen molar-refractivity contribution in [2.75, 3.05) is 6.54 Å². The molecule has 0 aromatic carbocycles. The van der Waals surface area contributed by atoms with Gasteiger partial charge in [-0.3, -0.25) is 4.79 Å². The summed E-state index contributed by atoms with van der Waals surface area (Å²) < 4.78 is 0. The average molecular weight is 283 g/mol. The minimum atomic E-state index is -0.712. The van der Waals surface area contributed by atoms with Gasteiger partial charge in [-0.15, -0.1) is 0 Å². The van der Waals surface area contributed by atoms with E-state index in [9.17, 15) is 9.90 Å². The molecular formula is C16H29NO3. The van der Waals surface area contributed by atoms with Crippen LogP contribution in [0.25, 0.3) is 0 Å². The SMILES string of the molecule is CC(NCC1(O)CCC(C(=O)O)CC1)C1CCCCC1. The van der Waals surface area contributed by atoms with Crippen molar-refractivity contribution in [3.8, 4) is 0 Å². The molecule has 4 nitrogen and oxygen atoms in total. The topological polar surface area (TPSA) is 69.6 Å². The van der Waals surface area contributed by atoms with E-state index in [0.29, 0.717) is 38.3 Å². The van der Waals surface area contributed by atoms with Gasteiger partial charge in [0.05, 0.1) is 11.5 Å². The number of nitrogens with one attached hydrogen (secondary N) is 1. The average Bonchev–Trinajstić information content (AvgIpc) is 2.46. The van der Waals surface area contributed by atoms with E-state index in [0.717, 1.165) is 5.92 Å². The van der Waals surface area contributed by atoms with E-state index in [1.165, 1.54) is 32.1 Å². The smallest absolute Gasteiger partial charge is 0.306 e. The van der Waals surface area contributed by atoms with Gasteiger partial charge in [-0.2, -0.15) is 0 Å². The standard InChI is InChI=1S/C16H29NO3/c1-12(13-5-3-2-4-6-13)17-11-16(20)9-7-14(8-10-16)15(18)19/h12-14,17,20H,2-11H2,1H3,(H,18,19). The van der Waals surface area contributed by atoms with Crippen molar-refractivity contribution in [3.63, 3.8) is 0 Å². The van der Waals surface area contributed by atoms with Crippen molar-refractivity contribution in [3.05, 3.63) is 0 Å². The molecule has 0 aliphatic heterocycles. The fourth-order valence-corrected chi connectivity index (χ4v) is 3.73. The van der Waals surface area contributed by atoms with E-state index in [-0.39, 0.29) is 5.92 Å². The van der Waals surface area contributed by atoms with Gasteiger partial charge in [0, 0.05) is 12.6 Å². The van der Waals surface area contributed by atoms with Gasteiger partial charge in [0.15, 0.2) is 0 Å². The molecule has 0 amide bonds. The van der Waals surface area contributed by atoms with Crippen molar-refractivity contribution in [1.82, 2.24) is 5.32 Å². The summed E-state index contributed by atoms with van der Waals surface area (Å²) in [4.78, 5) is 10.9. The van der Waals surface area contributed by atoms with E-state index in [1.54, 1.807) is 0 Å². The molecular weight excluding hydrogens is 254 g/mol. The van der Waals surface area contributed by atoms with E-state index in [1.807, 2.05) is 0 Å². The number of aliphatic hydroxyl groups is 1. The van der Waals surface area contributed by atoms with Gasteiger partial charge >= 0.3 is 5.97 Å². The summed E-state index contributed by atoms with van der Waals surface area (Å²) >= 11 is 0. The summed E-state index contributed by atoms with van der Waals surface area (Å²) in [5.41, 5.74) is -0.700. The van der Waals surface area contributed by atoms with E-state index < -0.39 is 11.6 Å². The molecule has 1 unspecified atom stereocenters. The molecule has 2 rings (SSSR count). The lowest BCUT2D eigenvalue weighted by Crippen LogP contribution is -2.48. The Morgan fingerprint density at radius 3 is 2.35 bits per heavy atom. The number of rotatable bonds is 5. The zero-order valence-corrected chi connectivity index (χ0v) is 12.6. The fourth-order valence-electron chi connectivity index (χ4n) is 3.73. The third-order valence-electron chi connectivity index (χ3n) is 5.38. The largest absolute Gasteiger partial charge is 0.481 e. The van der Waals surface area contributed by atoms with Crippen LogP contribution in [0.5, 0.6) is 0 Å². The van der Waals surface area contributed by atoms with Crippen LogP contribution in [-0.4, -0.2) is 34.4 Å². The molecule has 0 spiro atoms. The number of aliphatic carboxylic acids is 1. The van der Waals surface area contributed by atoms with Gasteiger partial charge in [0.1, 0.15) is 0 Å². The fraction of sp³-hybridized carbons (Fsp3) is 0.938. The molecule has 0 aromatic rings. The lowest BCUT2D eigenvalue weighted by Gasteiger charge is -2.37. The van der Waals surface area contributed by atoms with Crippen molar-refractivity contribution in [2.45, 2.75) is 76.4 Å². The Labute approximate surface area is 122 Å². The lowest BCUT2D eigenvalue weighted by molar-refractivity contribution is -0.144. The molecule has 0 saturated heterocycles. The Balaban J connectivity index is 1.74. The molecule has 2 fully saturated rings. The highest BCUT2D eigenvalue weighted by Crippen LogP contribution is 2.32. The van der Waals surface area contributed by atoms with Crippen molar-refractivity contribution in [2.24, 2.45) is 11.8 Å². The van der Waals surface area contributed by atoms with E-state index >= 15 is 0 Å². The van der Waals surface area contributed by atoms with Crippen LogP contribution < -0.4 is 5.32 Å². The van der Waals surface area contributed by atoms with Crippen LogP contribution in [-0.2, 0) is 4.79 Å². The van der Waals surface area contributed by atoms with E-state index in [4.69, 9.17) is 5.11 Å². The van der Waals surface area contributed by atoms with Gasteiger partial charge in [-0.1, -0.05) is 19.3 Å². The number of hydrogen-bond donors (Lipinski definition) is 3. The summed E-state index contributed by atoms with van der Waals surface area (Å²) in [7, 11) is 0. The predicted octanol–water partition coefficient (Wildman–Crippen LogP) is 2.55. The molecule has 116 valence electrons. The highest BCUT2D eigenvalue weighted by Gasteiger charge is 2.36. The molecule has 3 N–H and O–H groups in total. The molecule has 0 bridgehead atoms. The van der Waals surface area contributed by atoms with Crippen molar-refractivity contribution >= 4 is 5.97 Å². The van der Waals surface area contributed by atoms with Crippen molar-refractivity contribution < 1.29 is 15.0 Å². The van der Waals surface area contributed by atoms with Crippen LogP contribution in [0.3, 0.4) is 0 Å². The van der Waals surface area contributed by atoms with Gasteiger partial charge in [0.25, 0.3) is 0 Å². The van der Waals surface area contributed by atoms with E-state index in [2.05, 4.69) is 12.2 Å². The van der Waals surface area contributed by atoms with Crippen LogP contribution in [0.2, 0.25) is 0 Å². The summed E-state index contributed by atoms with van der Waals surface area (Å²) in [6, 6.07) is 0.455. The van der Waals surface area contributed by atoms with Crippen LogP contribution in [0.4, 0.5) is 0 Å². The number of hydrogen-bond acceptors (Lipinski definition) is 3. The van der Waals surface area contributed by atoms with Crippen LogP contribution in [0.1, 0.15) is 64.7 Å². The van der Waals surface area contributed by atoms with Crippen LogP contribution in [0, 0.1) is 11.8 Å². The third kappa shape index (κ3) is 4.19. The Kier molecular flexibility index (Phi) is 5.44. The summed E-state index contributed by atoms with van der Waals surface area (Å²) in [6.07, 6.45) is 9.05. The Hall–Kier alpha value is -0.610. The minimum absolute atomic E-state index is 0.258. The second-order valence-electron chi connectivity index (χ2n) is 6.90. The third-order valence-corrected chi connectivity index (χ3v) is 5.38. The molecule has 1 atom stereocenters. The molecule has 2 aliphatic rings. The minimum Gasteiger partial charge on any atom is -0.481 e. The summed E-state index contributed by atoms with van der Waals surface area (Å²) in [5, 5.41) is 23.1. The highest BCUT2D eigenvalue weighted by molar-refractivity contribution is 5.70. The first-order chi connectivity index (χ1) is 9.50. The first-order valence-electron chi connectivity index (χ1n) is 8.19. The predicted molar refractivity (Wildman–Crippen MR) is 78.6 cm³/mol. The zero-order valence-electron chi connectivity index (χ0n) is 12.6. The highest BCUT2D eigenvalue weighted by atomic mass is 16.4.